The lowest BCUT2D eigenvalue weighted by atomic mass is 9.90. The molecule has 0 radical (unpaired) electrons. The van der Waals surface area contributed by atoms with Crippen LogP contribution in [-0.4, -0.2) is 34.8 Å². The first-order chi connectivity index (χ1) is 7.22. The highest BCUT2D eigenvalue weighted by atomic mass is 16.3. The molecule has 1 aliphatic heterocycles. The van der Waals surface area contributed by atoms with Gasteiger partial charge in [-0.2, -0.15) is 0 Å². The van der Waals surface area contributed by atoms with Crippen LogP contribution in [0.4, 0.5) is 0 Å². The maximum Gasteiger partial charge on any atom is 0.179 e. The zero-order valence-corrected chi connectivity index (χ0v) is 9.23. The molecule has 1 saturated carbocycles. The van der Waals surface area contributed by atoms with Crippen LogP contribution in [0.1, 0.15) is 25.7 Å². The van der Waals surface area contributed by atoms with E-state index in [2.05, 4.69) is 6.58 Å². The number of aliphatic hydroxyl groups is 2. The zero-order chi connectivity index (χ0) is 10.8. The van der Waals surface area contributed by atoms with Crippen molar-refractivity contribution in [2.45, 2.75) is 25.7 Å². The largest absolute Gasteiger partial charge is 0.495 e. The minimum atomic E-state index is 0.219. The monoisotopic (exact) mass is 211 g/mol. The standard InChI is InChI=1S/C12H21NO2/c1-9(15)13-5-2-10(3-6-13)12-8-11(12)4-7-14/h10-12,14-15H,1-8H2. The van der Waals surface area contributed by atoms with E-state index < -0.39 is 0 Å². The van der Waals surface area contributed by atoms with E-state index >= 15 is 0 Å². The maximum absolute atomic E-state index is 9.25. The normalized spacial score (nSPS) is 31.7. The molecule has 0 aromatic carbocycles. The van der Waals surface area contributed by atoms with Crippen LogP contribution in [0.25, 0.3) is 0 Å². The Morgan fingerprint density at radius 2 is 2.00 bits per heavy atom. The van der Waals surface area contributed by atoms with Crippen LogP contribution in [-0.2, 0) is 0 Å². The van der Waals surface area contributed by atoms with Crippen LogP contribution >= 0.6 is 0 Å². The van der Waals surface area contributed by atoms with Crippen LogP contribution < -0.4 is 0 Å². The summed E-state index contributed by atoms with van der Waals surface area (Å²) in [4.78, 5) is 1.96. The molecule has 0 bridgehead atoms. The van der Waals surface area contributed by atoms with E-state index in [0.29, 0.717) is 6.61 Å². The molecule has 2 atom stereocenters. The van der Waals surface area contributed by atoms with Crippen LogP contribution in [0.5, 0.6) is 0 Å². The van der Waals surface area contributed by atoms with Gasteiger partial charge < -0.3 is 15.1 Å². The van der Waals surface area contributed by atoms with Crippen LogP contribution in [0.3, 0.4) is 0 Å². The number of hydrogen-bond donors (Lipinski definition) is 2. The fourth-order valence-electron chi connectivity index (χ4n) is 2.93. The predicted molar refractivity (Wildman–Crippen MR) is 59.4 cm³/mol. The molecule has 2 aliphatic rings. The van der Waals surface area contributed by atoms with Crippen LogP contribution in [0, 0.1) is 17.8 Å². The summed E-state index contributed by atoms with van der Waals surface area (Å²) < 4.78 is 0. The second-order valence-corrected chi connectivity index (χ2v) is 4.91. The van der Waals surface area contributed by atoms with Gasteiger partial charge in [0, 0.05) is 19.7 Å². The van der Waals surface area contributed by atoms with Crippen molar-refractivity contribution in [1.29, 1.82) is 0 Å². The summed E-state index contributed by atoms with van der Waals surface area (Å²) >= 11 is 0. The SMILES string of the molecule is C=C(O)N1CCC(C2CC2CCO)CC1. The number of aliphatic hydroxyl groups excluding tert-OH is 2. The van der Waals surface area contributed by atoms with Crippen LogP contribution in [0.2, 0.25) is 0 Å². The Morgan fingerprint density at radius 1 is 1.33 bits per heavy atom. The van der Waals surface area contributed by atoms with Crippen molar-refractivity contribution in [3.05, 3.63) is 12.5 Å². The van der Waals surface area contributed by atoms with E-state index in [1.807, 2.05) is 4.90 Å². The molecule has 0 aromatic rings. The maximum atomic E-state index is 9.25. The molecule has 3 heteroatoms. The zero-order valence-electron chi connectivity index (χ0n) is 9.23. The molecule has 0 amide bonds. The predicted octanol–water partition coefficient (Wildman–Crippen LogP) is 1.75. The molecule has 86 valence electrons. The van der Waals surface area contributed by atoms with Crippen molar-refractivity contribution in [2.75, 3.05) is 19.7 Å². The number of likely N-dealkylation sites (tertiary alicyclic amines) is 1. The smallest absolute Gasteiger partial charge is 0.179 e. The fraction of sp³-hybridized carbons (Fsp3) is 0.833. The van der Waals surface area contributed by atoms with E-state index in [4.69, 9.17) is 5.11 Å². The highest BCUT2D eigenvalue weighted by Crippen LogP contribution is 2.49. The number of nitrogens with zero attached hydrogens (tertiary/aromatic N) is 1. The first kappa shape index (κ1) is 10.8. The summed E-state index contributed by atoms with van der Waals surface area (Å²) in [6.07, 6.45) is 4.64. The van der Waals surface area contributed by atoms with Crippen molar-refractivity contribution in [3.8, 4) is 0 Å². The Labute approximate surface area is 91.4 Å². The second kappa shape index (κ2) is 4.44. The Hall–Kier alpha value is -0.700. The summed E-state index contributed by atoms with van der Waals surface area (Å²) in [6, 6.07) is 0. The molecule has 1 aliphatic carbocycles. The van der Waals surface area contributed by atoms with Gasteiger partial charge in [0.2, 0.25) is 0 Å². The van der Waals surface area contributed by atoms with E-state index in [0.717, 1.165) is 37.3 Å². The Bertz CT molecular complexity index is 234. The molecule has 0 aromatic heterocycles. The quantitative estimate of drug-likeness (QED) is 0.696. The van der Waals surface area contributed by atoms with E-state index in [-0.39, 0.29) is 5.88 Å². The van der Waals surface area contributed by atoms with Gasteiger partial charge in [-0.25, -0.2) is 0 Å². The number of piperidine rings is 1. The summed E-state index contributed by atoms with van der Waals surface area (Å²) in [6.45, 7) is 5.79. The molecule has 15 heavy (non-hydrogen) atoms. The third-order valence-corrected chi connectivity index (χ3v) is 3.99. The van der Waals surface area contributed by atoms with Gasteiger partial charge in [-0.3, -0.25) is 0 Å². The second-order valence-electron chi connectivity index (χ2n) is 4.91. The average Bonchev–Trinajstić information content (AvgIpc) is 2.98. The highest BCUT2D eigenvalue weighted by Gasteiger charge is 2.42. The molecule has 2 fully saturated rings. The minimum absolute atomic E-state index is 0.219. The van der Waals surface area contributed by atoms with Crippen molar-refractivity contribution in [2.24, 2.45) is 17.8 Å². The van der Waals surface area contributed by atoms with Crippen molar-refractivity contribution in [3.63, 3.8) is 0 Å². The Balaban J connectivity index is 1.73. The Kier molecular flexibility index (Phi) is 3.19. The lowest BCUT2D eigenvalue weighted by Crippen LogP contribution is -2.33. The van der Waals surface area contributed by atoms with E-state index in [1.165, 1.54) is 19.3 Å². The van der Waals surface area contributed by atoms with E-state index in [9.17, 15) is 5.11 Å². The number of hydrogen-bond acceptors (Lipinski definition) is 3. The highest BCUT2D eigenvalue weighted by molar-refractivity contribution is 4.95. The third kappa shape index (κ3) is 2.46. The summed E-state index contributed by atoms with van der Waals surface area (Å²) in [5.74, 6) is 2.67. The van der Waals surface area contributed by atoms with Gasteiger partial charge in [-0.15, -0.1) is 0 Å². The van der Waals surface area contributed by atoms with Gasteiger partial charge in [0.05, 0.1) is 0 Å². The van der Waals surface area contributed by atoms with Gasteiger partial charge in [0.1, 0.15) is 0 Å². The topological polar surface area (TPSA) is 43.7 Å². The average molecular weight is 211 g/mol. The van der Waals surface area contributed by atoms with Crippen molar-refractivity contribution in [1.82, 2.24) is 4.90 Å². The molecule has 2 rings (SSSR count). The lowest BCUT2D eigenvalue weighted by molar-refractivity contribution is 0.139. The molecule has 2 N–H and O–H groups in total. The molecule has 2 unspecified atom stereocenters. The van der Waals surface area contributed by atoms with Gasteiger partial charge in [-0.05, 0) is 50.0 Å². The summed E-state index contributed by atoms with van der Waals surface area (Å²) in [5.41, 5.74) is 0. The van der Waals surface area contributed by atoms with Gasteiger partial charge in [0.15, 0.2) is 5.88 Å². The molecular weight excluding hydrogens is 190 g/mol. The van der Waals surface area contributed by atoms with Crippen molar-refractivity contribution >= 4 is 0 Å². The van der Waals surface area contributed by atoms with Gasteiger partial charge in [0.25, 0.3) is 0 Å². The molecule has 1 saturated heterocycles. The molecule has 3 nitrogen and oxygen atoms in total. The van der Waals surface area contributed by atoms with Crippen molar-refractivity contribution < 1.29 is 10.2 Å². The molecule has 0 spiro atoms. The minimum Gasteiger partial charge on any atom is -0.495 e. The molecular formula is C12H21NO2. The first-order valence-corrected chi connectivity index (χ1v) is 5.96. The Morgan fingerprint density at radius 3 is 2.53 bits per heavy atom. The van der Waals surface area contributed by atoms with Gasteiger partial charge in [-0.1, -0.05) is 0 Å². The van der Waals surface area contributed by atoms with Gasteiger partial charge >= 0.3 is 0 Å². The fourth-order valence-corrected chi connectivity index (χ4v) is 2.93. The molecule has 1 heterocycles. The first-order valence-electron chi connectivity index (χ1n) is 5.96. The van der Waals surface area contributed by atoms with E-state index in [1.54, 1.807) is 0 Å². The van der Waals surface area contributed by atoms with Crippen LogP contribution in [0.15, 0.2) is 12.5 Å². The summed E-state index contributed by atoms with van der Waals surface area (Å²) in [5, 5.41) is 18.1. The lowest BCUT2D eigenvalue weighted by Gasteiger charge is -2.32. The number of rotatable bonds is 4. The third-order valence-electron chi connectivity index (χ3n) is 3.99. The summed E-state index contributed by atoms with van der Waals surface area (Å²) in [7, 11) is 0.